The topological polar surface area (TPSA) is 38.1 Å². The molecule has 0 spiro atoms. The van der Waals surface area contributed by atoms with Crippen LogP contribution in [0.15, 0.2) is 60.2 Å². The summed E-state index contributed by atoms with van der Waals surface area (Å²) in [5.41, 5.74) is 2.56. The second-order valence-electron chi connectivity index (χ2n) is 6.94. The molecule has 3 heterocycles. The zero-order valence-corrected chi connectivity index (χ0v) is 15.6. The molecule has 1 aromatic carbocycles. The Balaban J connectivity index is 1.35. The molecule has 0 bridgehead atoms. The van der Waals surface area contributed by atoms with Gasteiger partial charge in [0.15, 0.2) is 5.78 Å². The lowest BCUT2D eigenvalue weighted by Gasteiger charge is -2.31. The van der Waals surface area contributed by atoms with Crippen LogP contribution in [0.25, 0.3) is 0 Å². The standard InChI is InChI=1S/C21H23N3OS/c25-21(20-5-2-13-26-20)19-4-1-11-23(16-19)14-17-6-8-18(9-7-17)15-24-12-3-10-22-24/h2-3,5-10,12-13,19H,1,4,11,14-16H2. The molecule has 1 aliphatic heterocycles. The van der Waals surface area contributed by atoms with Crippen molar-refractivity contribution in [2.75, 3.05) is 13.1 Å². The molecule has 1 atom stereocenters. The fraction of sp³-hybridized carbons (Fsp3) is 0.333. The molecule has 4 rings (SSSR count). The van der Waals surface area contributed by atoms with Crippen molar-refractivity contribution in [1.82, 2.24) is 14.7 Å². The molecule has 0 aliphatic carbocycles. The van der Waals surface area contributed by atoms with Crippen LogP contribution in [-0.4, -0.2) is 33.6 Å². The minimum Gasteiger partial charge on any atom is -0.298 e. The van der Waals surface area contributed by atoms with Gasteiger partial charge in [-0.1, -0.05) is 30.3 Å². The smallest absolute Gasteiger partial charge is 0.177 e. The number of benzene rings is 1. The van der Waals surface area contributed by atoms with Crippen LogP contribution in [0.2, 0.25) is 0 Å². The number of carbonyl (C=O) groups excluding carboxylic acids is 1. The van der Waals surface area contributed by atoms with Gasteiger partial charge in [0.25, 0.3) is 0 Å². The summed E-state index contributed by atoms with van der Waals surface area (Å²) in [4.78, 5) is 16.0. The minimum atomic E-state index is 0.140. The van der Waals surface area contributed by atoms with E-state index in [0.29, 0.717) is 5.78 Å². The lowest BCUT2D eigenvalue weighted by Crippen LogP contribution is -2.38. The second kappa shape index (κ2) is 7.98. The number of rotatable bonds is 6. The predicted octanol–water partition coefficient (Wildman–Crippen LogP) is 4.09. The number of likely N-dealkylation sites (tertiary alicyclic amines) is 1. The first-order valence-electron chi connectivity index (χ1n) is 9.13. The van der Waals surface area contributed by atoms with Gasteiger partial charge in [0.1, 0.15) is 0 Å². The van der Waals surface area contributed by atoms with Gasteiger partial charge in [-0.15, -0.1) is 11.3 Å². The first-order chi connectivity index (χ1) is 12.8. The summed E-state index contributed by atoms with van der Waals surface area (Å²) in [6.07, 6.45) is 5.89. The fourth-order valence-electron chi connectivity index (χ4n) is 3.62. The van der Waals surface area contributed by atoms with Crippen molar-refractivity contribution >= 4 is 17.1 Å². The van der Waals surface area contributed by atoms with Crippen LogP contribution in [0.3, 0.4) is 0 Å². The molecule has 1 saturated heterocycles. The van der Waals surface area contributed by atoms with Crippen LogP contribution in [0.1, 0.15) is 33.6 Å². The van der Waals surface area contributed by atoms with E-state index in [4.69, 9.17) is 0 Å². The zero-order valence-electron chi connectivity index (χ0n) is 14.8. The number of thiophene rings is 1. The lowest BCUT2D eigenvalue weighted by molar-refractivity contribution is 0.0816. The van der Waals surface area contributed by atoms with E-state index < -0.39 is 0 Å². The van der Waals surface area contributed by atoms with Gasteiger partial charge < -0.3 is 0 Å². The first kappa shape index (κ1) is 17.2. The summed E-state index contributed by atoms with van der Waals surface area (Å²) >= 11 is 1.56. The van der Waals surface area contributed by atoms with E-state index in [-0.39, 0.29) is 5.92 Å². The number of nitrogens with zero attached hydrogens (tertiary/aromatic N) is 3. The highest BCUT2D eigenvalue weighted by atomic mass is 32.1. The van der Waals surface area contributed by atoms with Gasteiger partial charge in [0, 0.05) is 31.4 Å². The number of hydrogen-bond donors (Lipinski definition) is 0. The summed E-state index contributed by atoms with van der Waals surface area (Å²) in [6, 6.07) is 14.6. The Morgan fingerprint density at radius 2 is 1.92 bits per heavy atom. The van der Waals surface area contributed by atoms with Gasteiger partial charge in [-0.05, 0) is 48.0 Å². The Kier molecular flexibility index (Phi) is 5.27. The van der Waals surface area contributed by atoms with Gasteiger partial charge in [0.2, 0.25) is 0 Å². The first-order valence-corrected chi connectivity index (χ1v) is 10.0. The van der Waals surface area contributed by atoms with E-state index in [0.717, 1.165) is 43.9 Å². The van der Waals surface area contributed by atoms with Crippen molar-refractivity contribution in [2.24, 2.45) is 5.92 Å². The number of Topliss-reactive ketones (excluding diaryl/α,β-unsaturated/α-hetero) is 1. The number of aromatic nitrogens is 2. The van der Waals surface area contributed by atoms with E-state index in [1.165, 1.54) is 11.1 Å². The molecule has 1 aliphatic rings. The molecule has 5 heteroatoms. The second-order valence-corrected chi connectivity index (χ2v) is 7.88. The van der Waals surface area contributed by atoms with Crippen LogP contribution in [-0.2, 0) is 13.1 Å². The third kappa shape index (κ3) is 4.11. The third-order valence-electron chi connectivity index (χ3n) is 4.97. The van der Waals surface area contributed by atoms with Gasteiger partial charge in [0.05, 0.1) is 11.4 Å². The van der Waals surface area contributed by atoms with E-state index in [9.17, 15) is 4.79 Å². The molecule has 0 saturated carbocycles. The Hall–Kier alpha value is -2.24. The average Bonchev–Trinajstić information content (AvgIpc) is 3.37. The molecule has 1 unspecified atom stereocenters. The Morgan fingerprint density at radius 3 is 2.62 bits per heavy atom. The molecule has 4 nitrogen and oxygen atoms in total. The van der Waals surface area contributed by atoms with Crippen LogP contribution in [0.4, 0.5) is 0 Å². The molecule has 134 valence electrons. The maximum atomic E-state index is 12.6. The number of ketones is 1. The van der Waals surface area contributed by atoms with E-state index in [1.54, 1.807) is 17.5 Å². The van der Waals surface area contributed by atoms with E-state index in [1.807, 2.05) is 34.5 Å². The van der Waals surface area contributed by atoms with Crippen LogP contribution in [0.5, 0.6) is 0 Å². The summed E-state index contributed by atoms with van der Waals surface area (Å²) in [6.45, 7) is 3.65. The van der Waals surface area contributed by atoms with Crippen LogP contribution >= 0.6 is 11.3 Å². The molecule has 3 aromatic rings. The highest BCUT2D eigenvalue weighted by molar-refractivity contribution is 7.12. The van der Waals surface area contributed by atoms with Crippen LogP contribution < -0.4 is 0 Å². The van der Waals surface area contributed by atoms with Gasteiger partial charge in [-0.25, -0.2) is 0 Å². The van der Waals surface area contributed by atoms with Crippen molar-refractivity contribution in [3.63, 3.8) is 0 Å². The van der Waals surface area contributed by atoms with Crippen molar-refractivity contribution in [3.8, 4) is 0 Å². The summed E-state index contributed by atoms with van der Waals surface area (Å²) < 4.78 is 1.93. The highest BCUT2D eigenvalue weighted by Gasteiger charge is 2.27. The average molecular weight is 366 g/mol. The molecule has 0 N–H and O–H groups in total. The normalized spacial score (nSPS) is 18.1. The van der Waals surface area contributed by atoms with Crippen molar-refractivity contribution in [2.45, 2.75) is 25.9 Å². The SMILES string of the molecule is O=C(c1cccs1)C1CCCN(Cc2ccc(Cn3cccn3)cc2)C1. The molecule has 0 radical (unpaired) electrons. The van der Waals surface area contributed by atoms with E-state index >= 15 is 0 Å². The fourth-order valence-corrected chi connectivity index (χ4v) is 4.37. The molecular formula is C21H23N3OS. The van der Waals surface area contributed by atoms with Gasteiger partial charge in [-0.2, -0.15) is 5.10 Å². The number of carbonyl (C=O) groups is 1. The maximum absolute atomic E-state index is 12.6. The predicted molar refractivity (Wildman–Crippen MR) is 104 cm³/mol. The van der Waals surface area contributed by atoms with Gasteiger partial charge in [-0.3, -0.25) is 14.4 Å². The van der Waals surface area contributed by atoms with Crippen molar-refractivity contribution in [1.29, 1.82) is 0 Å². The summed E-state index contributed by atoms with van der Waals surface area (Å²) in [5, 5.41) is 6.24. The molecular weight excluding hydrogens is 342 g/mol. The molecule has 2 aromatic heterocycles. The maximum Gasteiger partial charge on any atom is 0.177 e. The largest absolute Gasteiger partial charge is 0.298 e. The Bertz CT molecular complexity index is 825. The Morgan fingerprint density at radius 1 is 1.12 bits per heavy atom. The number of piperidine rings is 1. The third-order valence-corrected chi connectivity index (χ3v) is 5.86. The zero-order chi connectivity index (χ0) is 17.8. The Labute approximate surface area is 158 Å². The monoisotopic (exact) mass is 365 g/mol. The molecule has 0 amide bonds. The minimum absolute atomic E-state index is 0.140. The summed E-state index contributed by atoms with van der Waals surface area (Å²) in [7, 11) is 0. The van der Waals surface area contributed by atoms with Crippen molar-refractivity contribution < 1.29 is 4.79 Å². The molecule has 26 heavy (non-hydrogen) atoms. The summed E-state index contributed by atoms with van der Waals surface area (Å²) in [5.74, 6) is 0.459. The quantitative estimate of drug-likeness (QED) is 0.618. The van der Waals surface area contributed by atoms with Crippen molar-refractivity contribution in [3.05, 3.63) is 76.2 Å². The van der Waals surface area contributed by atoms with Gasteiger partial charge >= 0.3 is 0 Å². The highest BCUT2D eigenvalue weighted by Crippen LogP contribution is 2.24. The lowest BCUT2D eigenvalue weighted by atomic mass is 9.92. The van der Waals surface area contributed by atoms with E-state index in [2.05, 4.69) is 34.3 Å². The number of hydrogen-bond acceptors (Lipinski definition) is 4. The molecule has 1 fully saturated rings. The van der Waals surface area contributed by atoms with Crippen LogP contribution in [0, 0.1) is 5.92 Å².